The van der Waals surface area contributed by atoms with Crippen LogP contribution in [0.3, 0.4) is 0 Å². The van der Waals surface area contributed by atoms with Gasteiger partial charge in [0, 0.05) is 6.42 Å². The van der Waals surface area contributed by atoms with E-state index in [0.29, 0.717) is 0 Å². The lowest BCUT2D eigenvalue weighted by Crippen LogP contribution is -2.41. The Bertz CT molecular complexity index is 1020. The highest BCUT2D eigenvalue weighted by atomic mass is 31.2. The highest BCUT2D eigenvalue weighted by molar-refractivity contribution is 7.59. The van der Waals surface area contributed by atoms with Crippen molar-refractivity contribution < 1.29 is 28.7 Å². The molecule has 14 nitrogen and oxygen atoms in total. The fourth-order valence-electron chi connectivity index (χ4n) is 2.93. The number of aliphatic hydroxyl groups excluding tert-OH is 1. The fourth-order valence-corrected chi connectivity index (χ4v) is 5.14. The lowest BCUT2D eigenvalue weighted by atomic mass is 10.3. The second-order valence-electron chi connectivity index (χ2n) is 7.67. The van der Waals surface area contributed by atoms with E-state index < -0.39 is 38.1 Å². The first-order chi connectivity index (χ1) is 15.0. The van der Waals surface area contributed by atoms with Gasteiger partial charge in [0.1, 0.15) is 30.3 Å². The first-order valence-corrected chi connectivity index (χ1v) is 11.8. The molecule has 0 unspecified atom stereocenters. The Kier molecular flexibility index (Phi) is 7.32. The van der Waals surface area contributed by atoms with E-state index in [-0.39, 0.29) is 41.3 Å². The van der Waals surface area contributed by atoms with Crippen LogP contribution in [0.5, 0.6) is 0 Å². The number of aliphatic hydroxyl groups is 1. The Morgan fingerprint density at radius 1 is 1.28 bits per heavy atom. The molecule has 1 aliphatic heterocycles. The van der Waals surface area contributed by atoms with Crippen LogP contribution in [0, 0.1) is 0 Å². The summed E-state index contributed by atoms with van der Waals surface area (Å²) in [5, 5.41) is 24.2. The average molecular weight is 470 g/mol. The summed E-state index contributed by atoms with van der Waals surface area (Å²) in [7, 11) is -3.53. The van der Waals surface area contributed by atoms with Crippen LogP contribution in [0.25, 0.3) is 11.2 Å². The molecule has 0 spiro atoms. The largest absolute Gasteiger partial charge is 0.388 e. The topological polar surface area (TPSA) is 196 Å². The Labute approximate surface area is 183 Å². The third-order valence-electron chi connectivity index (χ3n) is 4.98. The zero-order valence-corrected chi connectivity index (χ0v) is 19.0. The summed E-state index contributed by atoms with van der Waals surface area (Å²) in [6.07, 6.45) is -2.04. The van der Waals surface area contributed by atoms with Crippen molar-refractivity contribution in [2.24, 2.45) is 0 Å². The van der Waals surface area contributed by atoms with Crippen molar-refractivity contribution in [2.75, 3.05) is 12.1 Å². The predicted molar refractivity (Wildman–Crippen MR) is 112 cm³/mol. The van der Waals surface area contributed by atoms with Crippen molar-refractivity contribution >= 4 is 36.0 Å². The van der Waals surface area contributed by atoms with Gasteiger partial charge in [0.25, 0.3) is 0 Å². The van der Waals surface area contributed by atoms with Crippen LogP contribution in [-0.4, -0.2) is 72.5 Å². The van der Waals surface area contributed by atoms with Gasteiger partial charge in [-0.05, 0) is 27.7 Å². The maximum Gasteiger partial charge on any atom is 0.237 e. The normalized spacial score (nSPS) is 23.3. The van der Waals surface area contributed by atoms with Gasteiger partial charge < -0.3 is 20.3 Å². The summed E-state index contributed by atoms with van der Waals surface area (Å²) in [5.41, 5.74) is 6.27. The highest BCUT2D eigenvalue weighted by Gasteiger charge is 2.39. The van der Waals surface area contributed by atoms with Gasteiger partial charge in [-0.15, -0.1) is 15.0 Å². The molecule has 2 aromatic rings. The quantitative estimate of drug-likeness (QED) is 0.331. The van der Waals surface area contributed by atoms with Gasteiger partial charge in [0.05, 0.1) is 12.1 Å². The molecule has 5 atom stereocenters. The molecule has 0 amide bonds. The molecule has 32 heavy (non-hydrogen) atoms. The standard InChI is InChI=1S/C17H27N8O6P/c1-8(10(3)26)23-32(29,24-9(2)11(4)27)7-30-13-5-12(28)17(31-13)25-21-14-15(18)19-6-20-16(14)22-25/h6,8-9,12-13,17,28H,5,7H2,1-4H3,(H2,23,24,29)(H2,18,19,20,22)/t8-,9-,12+,13-,17+/m0/s1. The number of nitrogens with zero attached hydrogens (tertiary/aromatic N) is 5. The molecule has 2 aromatic heterocycles. The molecular formula is C17H27N8O6P. The Morgan fingerprint density at radius 3 is 2.47 bits per heavy atom. The van der Waals surface area contributed by atoms with Gasteiger partial charge in [0.15, 0.2) is 23.9 Å². The van der Waals surface area contributed by atoms with E-state index in [0.717, 1.165) is 4.80 Å². The van der Waals surface area contributed by atoms with E-state index in [1.165, 1.54) is 20.2 Å². The number of rotatable bonds is 10. The van der Waals surface area contributed by atoms with E-state index in [1.807, 2.05) is 0 Å². The Balaban J connectivity index is 1.69. The molecule has 1 saturated heterocycles. The number of Topliss-reactive ketones (excluding diaryl/α,β-unsaturated/α-hetero) is 2. The monoisotopic (exact) mass is 470 g/mol. The fraction of sp³-hybridized carbons (Fsp3) is 0.647. The summed E-state index contributed by atoms with van der Waals surface area (Å²) in [4.78, 5) is 32.2. The van der Waals surface area contributed by atoms with Gasteiger partial charge >= 0.3 is 0 Å². The van der Waals surface area contributed by atoms with Crippen LogP contribution in [0.1, 0.15) is 40.3 Å². The Morgan fingerprint density at radius 2 is 1.91 bits per heavy atom. The number of fused-ring (bicyclic) bond motifs is 1. The van der Waals surface area contributed by atoms with Crippen molar-refractivity contribution in [1.29, 1.82) is 0 Å². The molecule has 0 bridgehead atoms. The van der Waals surface area contributed by atoms with Crippen LogP contribution >= 0.6 is 7.44 Å². The van der Waals surface area contributed by atoms with Crippen molar-refractivity contribution in [1.82, 2.24) is 35.1 Å². The number of ketones is 2. The minimum absolute atomic E-state index is 0.0498. The van der Waals surface area contributed by atoms with E-state index in [9.17, 15) is 19.3 Å². The Hall–Kier alpha value is -2.35. The number of nitrogens with two attached hydrogens (primary N) is 1. The van der Waals surface area contributed by atoms with Crippen LogP contribution < -0.4 is 15.9 Å². The summed E-state index contributed by atoms with van der Waals surface area (Å²) in [5.74, 6) is -0.317. The minimum atomic E-state index is -3.53. The number of carbonyl (C=O) groups excluding carboxylic acids is 2. The molecule has 0 aromatic carbocycles. The van der Waals surface area contributed by atoms with E-state index in [4.69, 9.17) is 15.2 Å². The van der Waals surface area contributed by atoms with Gasteiger partial charge in [-0.1, -0.05) is 0 Å². The summed E-state index contributed by atoms with van der Waals surface area (Å²) in [6.45, 7) is 5.83. The lowest BCUT2D eigenvalue weighted by molar-refractivity contribution is -0.151. The van der Waals surface area contributed by atoms with Gasteiger partial charge in [-0.3, -0.25) is 14.2 Å². The number of hydrogen-bond donors (Lipinski definition) is 4. The maximum absolute atomic E-state index is 13.4. The number of hydrogen-bond acceptors (Lipinski definition) is 11. The molecule has 5 N–H and O–H groups in total. The number of nitrogen functional groups attached to an aromatic ring is 1. The zero-order valence-electron chi connectivity index (χ0n) is 18.1. The third-order valence-corrected chi connectivity index (χ3v) is 7.10. The molecule has 1 fully saturated rings. The molecule has 3 rings (SSSR count). The number of aromatic nitrogens is 5. The lowest BCUT2D eigenvalue weighted by Gasteiger charge is -2.27. The zero-order chi connectivity index (χ0) is 23.6. The minimum Gasteiger partial charge on any atom is -0.388 e. The molecule has 176 valence electrons. The van der Waals surface area contributed by atoms with Crippen LogP contribution in [-0.2, 0) is 23.6 Å². The second-order valence-corrected chi connectivity index (χ2v) is 9.92. The van der Waals surface area contributed by atoms with Crippen LogP contribution in [0.4, 0.5) is 5.82 Å². The predicted octanol–water partition coefficient (Wildman–Crippen LogP) is -0.289. The second kappa shape index (κ2) is 9.65. The van der Waals surface area contributed by atoms with E-state index >= 15 is 0 Å². The molecule has 1 aliphatic rings. The summed E-state index contributed by atoms with van der Waals surface area (Å²) < 4.78 is 24.7. The van der Waals surface area contributed by atoms with Crippen molar-refractivity contribution in [3.05, 3.63) is 6.33 Å². The molecular weight excluding hydrogens is 443 g/mol. The van der Waals surface area contributed by atoms with Crippen LogP contribution in [0.15, 0.2) is 6.33 Å². The summed E-state index contributed by atoms with van der Waals surface area (Å²) >= 11 is 0. The van der Waals surface area contributed by atoms with E-state index in [1.54, 1.807) is 13.8 Å². The SMILES string of the molecule is CC(=O)[C@H](C)NP(=O)(CO[C@@H]1C[C@@H](O)[C@H](n2nc3ncnc(N)c3n2)O1)N[C@@H](C)C(C)=O. The highest BCUT2D eigenvalue weighted by Crippen LogP contribution is 2.40. The molecule has 0 aliphatic carbocycles. The van der Waals surface area contributed by atoms with Gasteiger partial charge in [0.2, 0.25) is 13.1 Å². The molecule has 3 heterocycles. The van der Waals surface area contributed by atoms with Crippen molar-refractivity contribution in [3.8, 4) is 0 Å². The summed E-state index contributed by atoms with van der Waals surface area (Å²) in [6, 6.07) is -1.46. The number of nitrogens with one attached hydrogen (secondary N) is 2. The van der Waals surface area contributed by atoms with Gasteiger partial charge in [-0.25, -0.2) is 20.1 Å². The van der Waals surface area contributed by atoms with Crippen molar-refractivity contribution in [2.45, 2.75) is 64.8 Å². The molecule has 15 heteroatoms. The van der Waals surface area contributed by atoms with Crippen LogP contribution in [0.2, 0.25) is 0 Å². The maximum atomic E-state index is 13.4. The first-order valence-electron chi connectivity index (χ1n) is 9.93. The molecule has 0 saturated carbocycles. The number of carbonyl (C=O) groups is 2. The van der Waals surface area contributed by atoms with Gasteiger partial charge in [-0.2, -0.15) is 0 Å². The number of ether oxygens (including phenoxy) is 2. The third kappa shape index (κ3) is 5.52. The first kappa shape index (κ1) is 24.3. The smallest absolute Gasteiger partial charge is 0.237 e. The number of anilines is 1. The average Bonchev–Trinajstić information content (AvgIpc) is 3.30. The molecule has 0 radical (unpaired) electrons. The van der Waals surface area contributed by atoms with E-state index in [2.05, 4.69) is 30.3 Å². The van der Waals surface area contributed by atoms with Crippen molar-refractivity contribution in [3.63, 3.8) is 0 Å².